The molecule has 2 heterocycles. The number of aryl methyl sites for hydroxylation is 1. The van der Waals surface area contributed by atoms with Crippen LogP contribution in [0.15, 0.2) is 29.3 Å². The number of anilines is 1. The number of carbonyl (C=O) groups excluding carboxylic acids is 1. The van der Waals surface area contributed by atoms with E-state index < -0.39 is 0 Å². The van der Waals surface area contributed by atoms with E-state index in [-0.39, 0.29) is 18.1 Å². The molecule has 2 N–H and O–H groups in total. The fourth-order valence-corrected chi connectivity index (χ4v) is 4.06. The van der Waals surface area contributed by atoms with Crippen molar-refractivity contribution in [1.82, 2.24) is 24.9 Å². The van der Waals surface area contributed by atoms with Crippen molar-refractivity contribution >= 4 is 28.5 Å². The van der Waals surface area contributed by atoms with Gasteiger partial charge in [-0.1, -0.05) is 19.1 Å². The zero-order chi connectivity index (χ0) is 22.1. The van der Waals surface area contributed by atoms with Crippen LogP contribution in [0, 0.1) is 5.82 Å². The number of nitrogens with zero attached hydrogens (tertiary/aromatic N) is 5. The van der Waals surface area contributed by atoms with Gasteiger partial charge in [-0.2, -0.15) is 4.37 Å². The lowest BCUT2D eigenvalue weighted by Gasteiger charge is -2.36. The number of rotatable bonds is 8. The average Bonchev–Trinajstić information content (AvgIpc) is 3.27. The van der Waals surface area contributed by atoms with Crippen LogP contribution in [0.1, 0.15) is 25.2 Å². The van der Waals surface area contributed by atoms with E-state index in [0.29, 0.717) is 13.1 Å². The highest BCUT2D eigenvalue weighted by Crippen LogP contribution is 2.19. The zero-order valence-corrected chi connectivity index (χ0v) is 18.9. The Morgan fingerprint density at radius 3 is 2.55 bits per heavy atom. The Hall–Kier alpha value is -2.75. The molecule has 1 aliphatic heterocycles. The minimum atomic E-state index is -0.302. The molecule has 1 fully saturated rings. The topological polar surface area (TPSA) is 85.8 Å². The molecule has 0 unspecified atom stereocenters. The van der Waals surface area contributed by atoms with E-state index in [1.165, 1.54) is 23.7 Å². The second-order valence-electron chi connectivity index (χ2n) is 7.21. The number of carbonyl (C=O) groups is 1. The van der Waals surface area contributed by atoms with E-state index in [0.717, 1.165) is 61.6 Å². The number of halogens is 1. The molecule has 1 aliphatic rings. The lowest BCUT2D eigenvalue weighted by Crippen LogP contribution is -2.52. The Morgan fingerprint density at radius 1 is 1.16 bits per heavy atom. The van der Waals surface area contributed by atoms with Gasteiger partial charge in [-0.3, -0.25) is 9.79 Å². The highest BCUT2D eigenvalue weighted by Gasteiger charge is 2.22. The fraction of sp³-hybridized carbons (Fsp3) is 0.524. The van der Waals surface area contributed by atoms with E-state index in [1.807, 2.05) is 6.92 Å². The number of benzene rings is 1. The summed E-state index contributed by atoms with van der Waals surface area (Å²) in [6.45, 7) is 9.29. The lowest BCUT2D eigenvalue weighted by molar-refractivity contribution is -0.120. The second kappa shape index (κ2) is 11.6. The van der Waals surface area contributed by atoms with Gasteiger partial charge < -0.3 is 20.4 Å². The Morgan fingerprint density at radius 2 is 1.90 bits per heavy atom. The molecule has 0 atom stereocenters. The molecule has 2 aromatic rings. The molecule has 0 spiro atoms. The standard InChI is InChI=1S/C21H30FN7OS/c1-3-18-26-21(31-27-18)29-13-11-28(12-14-29)20(23-4-2)25-10-9-24-19(30)15-16-5-7-17(22)8-6-16/h5-8H,3-4,9-15H2,1-2H3,(H,23,25)(H,24,30). The van der Waals surface area contributed by atoms with Gasteiger partial charge in [0.05, 0.1) is 13.0 Å². The minimum absolute atomic E-state index is 0.0936. The highest BCUT2D eigenvalue weighted by molar-refractivity contribution is 7.09. The summed E-state index contributed by atoms with van der Waals surface area (Å²) in [6.07, 6.45) is 1.09. The van der Waals surface area contributed by atoms with Crippen LogP contribution in [0.3, 0.4) is 0 Å². The van der Waals surface area contributed by atoms with Crippen LogP contribution in [0.2, 0.25) is 0 Å². The van der Waals surface area contributed by atoms with Gasteiger partial charge in [-0.25, -0.2) is 9.37 Å². The van der Waals surface area contributed by atoms with Crippen molar-refractivity contribution in [3.05, 3.63) is 41.5 Å². The number of aromatic nitrogens is 2. The molecule has 0 aliphatic carbocycles. The smallest absolute Gasteiger partial charge is 0.224 e. The fourth-order valence-electron chi connectivity index (χ4n) is 3.26. The zero-order valence-electron chi connectivity index (χ0n) is 18.1. The molecule has 168 valence electrons. The maximum absolute atomic E-state index is 13.0. The van der Waals surface area contributed by atoms with E-state index >= 15 is 0 Å². The molecule has 8 nitrogen and oxygen atoms in total. The van der Waals surface area contributed by atoms with Crippen LogP contribution in [0.4, 0.5) is 9.52 Å². The Balaban J connectivity index is 1.44. The summed E-state index contributed by atoms with van der Waals surface area (Å²) in [5.41, 5.74) is 0.787. The van der Waals surface area contributed by atoms with Gasteiger partial charge in [-0.05, 0) is 24.6 Å². The number of nitrogens with one attached hydrogen (secondary N) is 2. The maximum atomic E-state index is 13.0. The third-order valence-corrected chi connectivity index (χ3v) is 5.75. The van der Waals surface area contributed by atoms with Crippen LogP contribution in [-0.4, -0.2) is 71.9 Å². The van der Waals surface area contributed by atoms with Crippen LogP contribution in [0.5, 0.6) is 0 Å². The highest BCUT2D eigenvalue weighted by atomic mass is 32.1. The van der Waals surface area contributed by atoms with Crippen molar-refractivity contribution in [1.29, 1.82) is 0 Å². The van der Waals surface area contributed by atoms with Gasteiger partial charge in [0.1, 0.15) is 11.6 Å². The normalized spacial score (nSPS) is 14.6. The third kappa shape index (κ3) is 6.88. The summed E-state index contributed by atoms with van der Waals surface area (Å²) in [4.78, 5) is 25.8. The number of hydrogen-bond donors (Lipinski definition) is 2. The summed E-state index contributed by atoms with van der Waals surface area (Å²) < 4.78 is 17.3. The van der Waals surface area contributed by atoms with Crippen molar-refractivity contribution in [3.8, 4) is 0 Å². The van der Waals surface area contributed by atoms with Crippen molar-refractivity contribution in [2.45, 2.75) is 26.7 Å². The summed E-state index contributed by atoms with van der Waals surface area (Å²) in [6, 6.07) is 5.98. The summed E-state index contributed by atoms with van der Waals surface area (Å²) in [5, 5.41) is 7.20. The first-order valence-corrected chi connectivity index (χ1v) is 11.5. The molecule has 1 saturated heterocycles. The molecule has 1 aromatic heterocycles. The molecule has 1 amide bonds. The van der Waals surface area contributed by atoms with Crippen molar-refractivity contribution in [3.63, 3.8) is 0 Å². The van der Waals surface area contributed by atoms with E-state index in [2.05, 4.69) is 41.7 Å². The molecular formula is C21H30FN7OS. The Kier molecular flexibility index (Phi) is 8.57. The minimum Gasteiger partial charge on any atom is -0.357 e. The molecule has 1 aromatic carbocycles. The predicted molar refractivity (Wildman–Crippen MR) is 122 cm³/mol. The lowest BCUT2D eigenvalue weighted by atomic mass is 10.1. The third-order valence-electron chi connectivity index (χ3n) is 4.93. The molecule has 0 saturated carbocycles. The maximum Gasteiger partial charge on any atom is 0.224 e. The molecule has 31 heavy (non-hydrogen) atoms. The van der Waals surface area contributed by atoms with Crippen molar-refractivity contribution in [2.24, 2.45) is 4.99 Å². The van der Waals surface area contributed by atoms with Gasteiger partial charge in [0, 0.05) is 57.2 Å². The molecule has 0 bridgehead atoms. The number of piperazine rings is 1. The molecule has 0 radical (unpaired) electrons. The SMILES string of the molecule is CCNC(=NCCNC(=O)Cc1ccc(F)cc1)N1CCN(c2nc(CC)ns2)CC1. The van der Waals surface area contributed by atoms with Crippen LogP contribution < -0.4 is 15.5 Å². The number of aliphatic imine (C=N–C) groups is 1. The van der Waals surface area contributed by atoms with Gasteiger partial charge in [0.25, 0.3) is 0 Å². The largest absolute Gasteiger partial charge is 0.357 e. The van der Waals surface area contributed by atoms with Crippen LogP contribution in [-0.2, 0) is 17.6 Å². The van der Waals surface area contributed by atoms with Crippen molar-refractivity contribution < 1.29 is 9.18 Å². The van der Waals surface area contributed by atoms with Crippen molar-refractivity contribution in [2.75, 3.05) is 50.7 Å². The van der Waals surface area contributed by atoms with Gasteiger partial charge in [0.15, 0.2) is 5.96 Å². The Labute approximate surface area is 186 Å². The van der Waals surface area contributed by atoms with Gasteiger partial charge in [-0.15, -0.1) is 0 Å². The van der Waals surface area contributed by atoms with E-state index in [1.54, 1.807) is 12.1 Å². The van der Waals surface area contributed by atoms with Crippen LogP contribution in [0.25, 0.3) is 0 Å². The second-order valence-corrected chi connectivity index (χ2v) is 7.94. The molecular weight excluding hydrogens is 417 g/mol. The number of amides is 1. The monoisotopic (exact) mass is 447 g/mol. The quantitative estimate of drug-likeness (QED) is 0.364. The summed E-state index contributed by atoms with van der Waals surface area (Å²) >= 11 is 1.46. The first-order chi connectivity index (χ1) is 15.1. The molecule has 10 heteroatoms. The molecule has 3 rings (SSSR count). The van der Waals surface area contributed by atoms with Crippen LogP contribution >= 0.6 is 11.5 Å². The predicted octanol–water partition coefficient (Wildman–Crippen LogP) is 1.69. The number of hydrogen-bond acceptors (Lipinski definition) is 6. The average molecular weight is 448 g/mol. The first kappa shape index (κ1) is 22.9. The van der Waals surface area contributed by atoms with Gasteiger partial charge >= 0.3 is 0 Å². The summed E-state index contributed by atoms with van der Waals surface area (Å²) in [5.74, 6) is 1.37. The number of guanidine groups is 1. The van der Waals surface area contributed by atoms with Gasteiger partial charge in [0.2, 0.25) is 11.0 Å². The first-order valence-electron chi connectivity index (χ1n) is 10.7. The van der Waals surface area contributed by atoms with E-state index in [4.69, 9.17) is 0 Å². The van der Waals surface area contributed by atoms with E-state index in [9.17, 15) is 9.18 Å². The summed E-state index contributed by atoms with van der Waals surface area (Å²) in [7, 11) is 0. The Bertz CT molecular complexity index is 863.